The van der Waals surface area contributed by atoms with Crippen molar-refractivity contribution in [3.63, 3.8) is 0 Å². The van der Waals surface area contributed by atoms with Gasteiger partial charge in [-0.1, -0.05) is 31.2 Å². The molecule has 8 nitrogen and oxygen atoms in total. The number of nitrogens with zero attached hydrogens (tertiary/aromatic N) is 1. The number of hydrogen-bond donors (Lipinski definition) is 2. The van der Waals surface area contributed by atoms with Gasteiger partial charge in [0, 0.05) is 17.3 Å². The second-order valence-electron chi connectivity index (χ2n) is 7.50. The number of carbonyl (C=O) groups excluding carboxylic acids is 2. The van der Waals surface area contributed by atoms with Gasteiger partial charge in [-0.15, -0.1) is 0 Å². The molecule has 1 aliphatic carbocycles. The number of benzene rings is 2. The number of esters is 1. The molecule has 1 aliphatic heterocycles. The second kappa shape index (κ2) is 7.62. The van der Waals surface area contributed by atoms with Crippen LogP contribution in [0.25, 0.3) is 0 Å². The van der Waals surface area contributed by atoms with Crippen LogP contribution in [0.4, 0.5) is 17.1 Å². The van der Waals surface area contributed by atoms with E-state index in [9.17, 15) is 19.7 Å². The quantitative estimate of drug-likeness (QED) is 0.344. The van der Waals surface area contributed by atoms with Gasteiger partial charge < -0.3 is 15.4 Å². The molecule has 0 unspecified atom stereocenters. The number of Topliss-reactive ketones (excluding diaryl/α,β-unsaturated/α-hetero) is 1. The molecule has 154 valence electrons. The minimum absolute atomic E-state index is 0.0951. The van der Waals surface area contributed by atoms with Gasteiger partial charge in [-0.2, -0.15) is 0 Å². The van der Waals surface area contributed by atoms with Crippen molar-refractivity contribution < 1.29 is 19.2 Å². The Morgan fingerprint density at radius 3 is 2.50 bits per heavy atom. The van der Waals surface area contributed by atoms with E-state index in [0.29, 0.717) is 28.9 Å². The number of methoxy groups -OCH3 is 1. The summed E-state index contributed by atoms with van der Waals surface area (Å²) in [5, 5.41) is 18.3. The molecule has 0 amide bonds. The van der Waals surface area contributed by atoms with Crippen LogP contribution in [0.3, 0.4) is 0 Å². The lowest BCUT2D eigenvalue weighted by molar-refractivity contribution is -0.385. The number of carbonyl (C=O) groups is 2. The molecular weight excluding hydrogens is 386 g/mol. The minimum Gasteiger partial charge on any atom is -0.468 e. The summed E-state index contributed by atoms with van der Waals surface area (Å²) in [6.07, 6.45) is 0.438. The maximum atomic E-state index is 13.5. The summed E-state index contributed by atoms with van der Waals surface area (Å²) in [6, 6.07) is 13.0. The number of ketones is 1. The molecule has 1 heterocycles. The summed E-state index contributed by atoms with van der Waals surface area (Å²) in [5.41, 5.74) is 2.73. The summed E-state index contributed by atoms with van der Waals surface area (Å²) < 4.78 is 4.87. The standard InChI is InChI=1S/C22H21N3O5/c1-12-11-16-19(21(26)18(12)22(27)30-2)20(13-7-3-6-10-17(13)25(28)29)24-15-9-5-4-8-14(15)23-16/h3-10,12,18,20,23-24H,11H2,1-2H3/t12-,18-,20+/m1/s1. The Morgan fingerprint density at radius 1 is 1.13 bits per heavy atom. The lowest BCUT2D eigenvalue weighted by Crippen LogP contribution is -2.39. The van der Waals surface area contributed by atoms with Crippen LogP contribution in [0.5, 0.6) is 0 Å². The third-order valence-corrected chi connectivity index (χ3v) is 5.67. The van der Waals surface area contributed by atoms with Crippen LogP contribution in [0, 0.1) is 22.0 Å². The van der Waals surface area contributed by atoms with E-state index in [2.05, 4.69) is 10.6 Å². The van der Waals surface area contributed by atoms with E-state index in [4.69, 9.17) is 4.74 Å². The molecule has 2 aromatic rings. The van der Waals surface area contributed by atoms with Gasteiger partial charge in [0.15, 0.2) is 5.78 Å². The van der Waals surface area contributed by atoms with E-state index in [1.165, 1.54) is 13.2 Å². The number of fused-ring (bicyclic) bond motifs is 1. The van der Waals surface area contributed by atoms with Gasteiger partial charge in [0.2, 0.25) is 0 Å². The molecule has 4 rings (SSSR count). The van der Waals surface area contributed by atoms with Gasteiger partial charge in [-0.05, 0) is 30.5 Å². The van der Waals surface area contributed by atoms with Crippen molar-refractivity contribution in [1.29, 1.82) is 0 Å². The molecule has 0 fully saturated rings. The first kappa shape index (κ1) is 19.6. The van der Waals surface area contributed by atoms with Crippen molar-refractivity contribution in [1.82, 2.24) is 0 Å². The number of nitrogens with one attached hydrogen (secondary N) is 2. The Balaban J connectivity index is 1.93. The molecule has 0 bridgehead atoms. The Morgan fingerprint density at radius 2 is 1.80 bits per heavy atom. The maximum Gasteiger partial charge on any atom is 0.316 e. The van der Waals surface area contributed by atoms with Crippen LogP contribution in [-0.2, 0) is 14.3 Å². The summed E-state index contributed by atoms with van der Waals surface area (Å²) in [6.45, 7) is 1.83. The lowest BCUT2D eigenvalue weighted by atomic mass is 9.74. The summed E-state index contributed by atoms with van der Waals surface area (Å²) in [5.74, 6) is -2.20. The summed E-state index contributed by atoms with van der Waals surface area (Å²) >= 11 is 0. The van der Waals surface area contributed by atoms with Crippen molar-refractivity contribution >= 4 is 28.8 Å². The fourth-order valence-corrected chi connectivity index (χ4v) is 4.26. The zero-order chi connectivity index (χ0) is 21.4. The molecule has 0 aromatic heterocycles. The number of para-hydroxylation sites is 3. The molecule has 2 N–H and O–H groups in total. The Bertz CT molecular complexity index is 1080. The van der Waals surface area contributed by atoms with E-state index >= 15 is 0 Å². The number of nitro benzene ring substituents is 1. The molecule has 3 atom stereocenters. The highest BCUT2D eigenvalue weighted by Crippen LogP contribution is 2.45. The second-order valence-corrected chi connectivity index (χ2v) is 7.50. The van der Waals surface area contributed by atoms with Gasteiger partial charge in [0.05, 0.1) is 35.0 Å². The van der Waals surface area contributed by atoms with E-state index in [1.807, 2.05) is 31.2 Å². The van der Waals surface area contributed by atoms with Crippen LogP contribution in [-0.4, -0.2) is 23.8 Å². The highest BCUT2D eigenvalue weighted by molar-refractivity contribution is 6.11. The van der Waals surface area contributed by atoms with Crippen LogP contribution >= 0.6 is 0 Å². The number of ether oxygens (including phenoxy) is 1. The molecule has 0 spiro atoms. The van der Waals surface area contributed by atoms with Crippen LogP contribution in [0.2, 0.25) is 0 Å². The van der Waals surface area contributed by atoms with E-state index in [0.717, 1.165) is 5.69 Å². The number of rotatable bonds is 3. The fourth-order valence-electron chi connectivity index (χ4n) is 4.26. The largest absolute Gasteiger partial charge is 0.468 e. The maximum absolute atomic E-state index is 13.5. The van der Waals surface area contributed by atoms with E-state index in [1.54, 1.807) is 18.2 Å². The van der Waals surface area contributed by atoms with Crippen LogP contribution in [0.1, 0.15) is 24.9 Å². The number of nitro groups is 1. The minimum atomic E-state index is -0.955. The Hall–Kier alpha value is -3.68. The molecule has 8 heteroatoms. The van der Waals surface area contributed by atoms with Gasteiger partial charge in [0.25, 0.3) is 5.69 Å². The Labute approximate surface area is 173 Å². The normalized spacial score (nSPS) is 22.7. The SMILES string of the molecule is COC(=O)[C@H]1C(=O)C2=C(C[C@H]1C)Nc1ccccc1N[C@H]2c1ccccc1[N+](=O)[O-]. The first-order valence-corrected chi connectivity index (χ1v) is 9.63. The van der Waals surface area contributed by atoms with Crippen molar-refractivity contribution in [2.75, 3.05) is 17.7 Å². The first-order chi connectivity index (χ1) is 14.4. The lowest BCUT2D eigenvalue weighted by Gasteiger charge is -2.32. The molecule has 0 radical (unpaired) electrons. The third kappa shape index (κ3) is 3.20. The highest BCUT2D eigenvalue weighted by atomic mass is 16.6. The average Bonchev–Trinajstić information content (AvgIpc) is 2.90. The zero-order valence-corrected chi connectivity index (χ0v) is 16.5. The van der Waals surface area contributed by atoms with Crippen LogP contribution < -0.4 is 10.6 Å². The van der Waals surface area contributed by atoms with E-state index < -0.39 is 22.9 Å². The van der Waals surface area contributed by atoms with Crippen molar-refractivity contribution in [3.8, 4) is 0 Å². The highest BCUT2D eigenvalue weighted by Gasteiger charge is 2.45. The molecule has 2 aliphatic rings. The monoisotopic (exact) mass is 407 g/mol. The molecule has 0 saturated carbocycles. The van der Waals surface area contributed by atoms with Crippen molar-refractivity contribution in [3.05, 3.63) is 75.5 Å². The number of anilines is 2. The Kier molecular flexibility index (Phi) is 4.99. The molecule has 30 heavy (non-hydrogen) atoms. The molecular formula is C22H21N3O5. The van der Waals surface area contributed by atoms with Gasteiger partial charge in [-0.25, -0.2) is 0 Å². The molecule has 2 aromatic carbocycles. The summed E-state index contributed by atoms with van der Waals surface area (Å²) in [7, 11) is 1.26. The average molecular weight is 407 g/mol. The van der Waals surface area contributed by atoms with Gasteiger partial charge >= 0.3 is 5.97 Å². The van der Waals surface area contributed by atoms with Gasteiger partial charge in [0.1, 0.15) is 5.92 Å². The van der Waals surface area contributed by atoms with Crippen molar-refractivity contribution in [2.45, 2.75) is 19.4 Å². The zero-order valence-electron chi connectivity index (χ0n) is 16.5. The smallest absolute Gasteiger partial charge is 0.316 e. The third-order valence-electron chi connectivity index (χ3n) is 5.67. The summed E-state index contributed by atoms with van der Waals surface area (Å²) in [4.78, 5) is 37.1. The fraction of sp³-hybridized carbons (Fsp3) is 0.273. The number of allylic oxidation sites excluding steroid dienone is 1. The first-order valence-electron chi connectivity index (χ1n) is 9.63. The predicted octanol–water partition coefficient (Wildman–Crippen LogP) is 3.83. The van der Waals surface area contributed by atoms with Crippen molar-refractivity contribution in [2.24, 2.45) is 11.8 Å². The number of hydrogen-bond acceptors (Lipinski definition) is 7. The van der Waals surface area contributed by atoms with Gasteiger partial charge in [-0.3, -0.25) is 19.7 Å². The van der Waals surface area contributed by atoms with Crippen LogP contribution in [0.15, 0.2) is 59.8 Å². The molecule has 0 saturated heterocycles. The topological polar surface area (TPSA) is 111 Å². The van der Waals surface area contributed by atoms with E-state index in [-0.39, 0.29) is 17.4 Å². The predicted molar refractivity (Wildman–Crippen MR) is 111 cm³/mol.